The Morgan fingerprint density at radius 2 is 1.90 bits per heavy atom. The van der Waals surface area contributed by atoms with Crippen LogP contribution in [0.2, 0.25) is 0 Å². The van der Waals surface area contributed by atoms with Crippen LogP contribution >= 0.6 is 11.3 Å². The molecule has 0 spiro atoms. The van der Waals surface area contributed by atoms with E-state index in [4.69, 9.17) is 0 Å². The maximum absolute atomic E-state index is 12.0. The summed E-state index contributed by atoms with van der Waals surface area (Å²) in [7, 11) is -3.39. The summed E-state index contributed by atoms with van der Waals surface area (Å²) < 4.78 is 23.3. The number of urea groups is 1. The zero-order chi connectivity index (χ0) is 15.5. The molecule has 0 saturated carbocycles. The lowest BCUT2D eigenvalue weighted by Crippen LogP contribution is -2.31. The van der Waals surface area contributed by atoms with Crippen LogP contribution in [0, 0.1) is 0 Å². The molecule has 1 heterocycles. The summed E-state index contributed by atoms with van der Waals surface area (Å²) in [5, 5.41) is 7.30. The van der Waals surface area contributed by atoms with E-state index in [2.05, 4.69) is 10.6 Å². The van der Waals surface area contributed by atoms with Gasteiger partial charge in [0.05, 0.1) is 16.6 Å². The molecule has 0 aliphatic heterocycles. The molecular formula is C14H16N2O3S2. The van der Waals surface area contributed by atoms with Gasteiger partial charge >= 0.3 is 6.03 Å². The molecule has 5 nitrogen and oxygen atoms in total. The van der Waals surface area contributed by atoms with E-state index in [0.29, 0.717) is 0 Å². The molecule has 0 aliphatic rings. The fourth-order valence-electron chi connectivity index (χ4n) is 1.86. The smallest absolute Gasteiger partial charge is 0.319 e. The quantitative estimate of drug-likeness (QED) is 0.907. The van der Waals surface area contributed by atoms with Crippen LogP contribution in [-0.4, -0.2) is 20.7 Å². The SMILES string of the molecule is CC(NC(=O)Nc1ccccc1S(C)(=O)=O)c1cccs1. The van der Waals surface area contributed by atoms with Crippen LogP contribution in [0.25, 0.3) is 0 Å². The number of benzene rings is 1. The summed E-state index contributed by atoms with van der Waals surface area (Å²) in [4.78, 5) is 13.1. The third-order valence-corrected chi connectivity index (χ3v) is 5.06. The molecule has 0 fully saturated rings. The van der Waals surface area contributed by atoms with Crippen molar-refractivity contribution in [2.24, 2.45) is 0 Å². The first-order valence-electron chi connectivity index (χ1n) is 6.28. The van der Waals surface area contributed by atoms with Gasteiger partial charge in [0, 0.05) is 11.1 Å². The maximum Gasteiger partial charge on any atom is 0.319 e. The van der Waals surface area contributed by atoms with E-state index in [-0.39, 0.29) is 16.6 Å². The molecule has 1 aromatic heterocycles. The van der Waals surface area contributed by atoms with Gasteiger partial charge in [0.2, 0.25) is 0 Å². The lowest BCUT2D eigenvalue weighted by atomic mass is 10.3. The molecule has 2 amide bonds. The zero-order valence-electron chi connectivity index (χ0n) is 11.7. The third kappa shape index (κ3) is 4.05. The van der Waals surface area contributed by atoms with E-state index in [1.165, 1.54) is 6.07 Å². The molecule has 1 atom stereocenters. The lowest BCUT2D eigenvalue weighted by Gasteiger charge is -2.14. The van der Waals surface area contributed by atoms with Crippen molar-refractivity contribution in [3.63, 3.8) is 0 Å². The minimum Gasteiger partial charge on any atom is -0.331 e. The van der Waals surface area contributed by atoms with Gasteiger partial charge in [-0.3, -0.25) is 0 Å². The Hall–Kier alpha value is -1.86. The summed E-state index contributed by atoms with van der Waals surface area (Å²) in [5.41, 5.74) is 0.274. The Bertz CT molecular complexity index is 724. The Morgan fingerprint density at radius 1 is 1.19 bits per heavy atom. The molecular weight excluding hydrogens is 308 g/mol. The molecule has 21 heavy (non-hydrogen) atoms. The largest absolute Gasteiger partial charge is 0.331 e. The molecule has 1 unspecified atom stereocenters. The van der Waals surface area contributed by atoms with Gasteiger partial charge in [-0.15, -0.1) is 11.3 Å². The van der Waals surface area contributed by atoms with Crippen LogP contribution in [0.5, 0.6) is 0 Å². The van der Waals surface area contributed by atoms with Crippen molar-refractivity contribution >= 4 is 32.9 Å². The maximum atomic E-state index is 12.0. The third-order valence-electron chi connectivity index (χ3n) is 2.85. The summed E-state index contributed by atoms with van der Waals surface area (Å²) in [5.74, 6) is 0. The Balaban J connectivity index is 2.10. The number of rotatable bonds is 4. The minimum absolute atomic E-state index is 0.101. The van der Waals surface area contributed by atoms with E-state index in [9.17, 15) is 13.2 Å². The van der Waals surface area contributed by atoms with Gasteiger partial charge in [0.15, 0.2) is 9.84 Å². The van der Waals surface area contributed by atoms with Crippen molar-refractivity contribution in [1.29, 1.82) is 0 Å². The second-order valence-corrected chi connectivity index (χ2v) is 7.57. The molecule has 1 aromatic carbocycles. The van der Waals surface area contributed by atoms with Crippen LogP contribution in [0.4, 0.5) is 10.5 Å². The number of thiophene rings is 1. The van der Waals surface area contributed by atoms with Crippen LogP contribution in [0.3, 0.4) is 0 Å². The van der Waals surface area contributed by atoms with Gasteiger partial charge in [-0.25, -0.2) is 13.2 Å². The predicted octanol–water partition coefficient (Wildman–Crippen LogP) is 3.03. The molecule has 0 saturated heterocycles. The average molecular weight is 324 g/mol. The van der Waals surface area contributed by atoms with Gasteiger partial charge in [-0.05, 0) is 30.5 Å². The number of anilines is 1. The van der Waals surface area contributed by atoms with Crippen LogP contribution < -0.4 is 10.6 Å². The first-order chi connectivity index (χ1) is 9.88. The number of hydrogen-bond acceptors (Lipinski definition) is 4. The lowest BCUT2D eigenvalue weighted by molar-refractivity contribution is 0.249. The van der Waals surface area contributed by atoms with Crippen LogP contribution in [-0.2, 0) is 9.84 Å². The molecule has 2 aromatic rings. The number of para-hydroxylation sites is 1. The molecule has 0 radical (unpaired) electrons. The number of carbonyl (C=O) groups excluding carboxylic acids is 1. The summed E-state index contributed by atoms with van der Waals surface area (Å²) in [6, 6.07) is 9.58. The fraction of sp³-hybridized carbons (Fsp3) is 0.214. The second kappa shape index (κ2) is 6.28. The van der Waals surface area contributed by atoms with E-state index in [1.54, 1.807) is 29.5 Å². The fourth-order valence-corrected chi connectivity index (χ4v) is 3.44. The van der Waals surface area contributed by atoms with Gasteiger partial charge in [-0.2, -0.15) is 0 Å². The monoisotopic (exact) mass is 324 g/mol. The molecule has 7 heteroatoms. The summed E-state index contributed by atoms with van der Waals surface area (Å²) in [6.07, 6.45) is 1.11. The van der Waals surface area contributed by atoms with Gasteiger partial charge in [0.25, 0.3) is 0 Å². The topological polar surface area (TPSA) is 75.3 Å². The Kier molecular flexibility index (Phi) is 4.64. The molecule has 0 bridgehead atoms. The Labute approximate surface area is 127 Å². The number of nitrogens with one attached hydrogen (secondary N) is 2. The van der Waals surface area contributed by atoms with Crippen molar-refractivity contribution in [1.82, 2.24) is 5.32 Å². The minimum atomic E-state index is -3.39. The van der Waals surface area contributed by atoms with Crippen LogP contribution in [0.15, 0.2) is 46.7 Å². The van der Waals surface area contributed by atoms with Gasteiger partial charge in [0.1, 0.15) is 0 Å². The van der Waals surface area contributed by atoms with Gasteiger partial charge in [-0.1, -0.05) is 18.2 Å². The normalized spacial score (nSPS) is 12.7. The highest BCUT2D eigenvalue weighted by Crippen LogP contribution is 2.21. The number of carbonyl (C=O) groups is 1. The molecule has 0 aliphatic carbocycles. The summed E-state index contributed by atoms with van der Waals surface area (Å²) in [6.45, 7) is 1.87. The van der Waals surface area contributed by atoms with E-state index in [0.717, 1.165) is 11.1 Å². The average Bonchev–Trinajstić information content (AvgIpc) is 2.91. The Morgan fingerprint density at radius 3 is 2.52 bits per heavy atom. The van der Waals surface area contributed by atoms with Crippen molar-refractivity contribution in [3.05, 3.63) is 46.7 Å². The number of sulfone groups is 1. The number of amides is 2. The van der Waals surface area contributed by atoms with Crippen molar-refractivity contribution < 1.29 is 13.2 Å². The second-order valence-electron chi connectivity index (χ2n) is 4.60. The number of hydrogen-bond donors (Lipinski definition) is 2. The standard InChI is InChI=1S/C14H16N2O3S2/c1-10(12-7-5-9-20-12)15-14(17)16-11-6-3-4-8-13(11)21(2,18)19/h3-10H,1-2H3,(H2,15,16,17). The van der Waals surface area contributed by atoms with Crippen molar-refractivity contribution in [2.45, 2.75) is 17.9 Å². The van der Waals surface area contributed by atoms with E-state index in [1.807, 2.05) is 24.4 Å². The highest BCUT2D eigenvalue weighted by Gasteiger charge is 2.16. The van der Waals surface area contributed by atoms with Gasteiger partial charge < -0.3 is 10.6 Å². The van der Waals surface area contributed by atoms with E-state index >= 15 is 0 Å². The van der Waals surface area contributed by atoms with Crippen molar-refractivity contribution in [3.8, 4) is 0 Å². The predicted molar refractivity (Wildman–Crippen MR) is 84.4 cm³/mol. The first-order valence-corrected chi connectivity index (χ1v) is 9.05. The highest BCUT2D eigenvalue weighted by atomic mass is 32.2. The molecule has 2 rings (SSSR count). The van der Waals surface area contributed by atoms with E-state index < -0.39 is 15.9 Å². The van der Waals surface area contributed by atoms with Crippen LogP contribution in [0.1, 0.15) is 17.8 Å². The first kappa shape index (κ1) is 15.5. The molecule has 112 valence electrons. The summed E-state index contributed by atoms with van der Waals surface area (Å²) >= 11 is 1.55. The highest BCUT2D eigenvalue weighted by molar-refractivity contribution is 7.90. The molecule has 2 N–H and O–H groups in total. The van der Waals surface area contributed by atoms with Crippen molar-refractivity contribution in [2.75, 3.05) is 11.6 Å². The zero-order valence-corrected chi connectivity index (χ0v) is 13.3.